The highest BCUT2D eigenvalue weighted by Crippen LogP contribution is 2.30. The summed E-state index contributed by atoms with van der Waals surface area (Å²) in [6.07, 6.45) is 2.39. The Hall–Kier alpha value is -1.63. The second-order valence-electron chi connectivity index (χ2n) is 6.58. The molecule has 2 saturated heterocycles. The SMILES string of the molecule is CC1(C)CCCN(c2nc(N)nc(N3CCOCC3)n2)C1. The number of hydrogen-bond acceptors (Lipinski definition) is 7. The van der Waals surface area contributed by atoms with E-state index in [1.54, 1.807) is 0 Å². The van der Waals surface area contributed by atoms with E-state index >= 15 is 0 Å². The molecule has 0 saturated carbocycles. The monoisotopic (exact) mass is 292 g/mol. The number of aromatic nitrogens is 3. The largest absolute Gasteiger partial charge is 0.378 e. The fourth-order valence-corrected chi connectivity index (χ4v) is 3.01. The van der Waals surface area contributed by atoms with Crippen LogP contribution in [0.5, 0.6) is 0 Å². The van der Waals surface area contributed by atoms with Gasteiger partial charge in [0.1, 0.15) is 0 Å². The van der Waals surface area contributed by atoms with Crippen molar-refractivity contribution >= 4 is 17.8 Å². The van der Waals surface area contributed by atoms with Crippen LogP contribution >= 0.6 is 0 Å². The van der Waals surface area contributed by atoms with Gasteiger partial charge in [0, 0.05) is 26.2 Å². The lowest BCUT2D eigenvalue weighted by molar-refractivity contribution is 0.122. The van der Waals surface area contributed by atoms with Crippen molar-refractivity contribution in [1.29, 1.82) is 0 Å². The van der Waals surface area contributed by atoms with Crippen LogP contribution in [0.25, 0.3) is 0 Å². The van der Waals surface area contributed by atoms with Crippen molar-refractivity contribution in [2.45, 2.75) is 26.7 Å². The molecule has 1 aromatic rings. The van der Waals surface area contributed by atoms with Gasteiger partial charge in [-0.2, -0.15) is 15.0 Å². The van der Waals surface area contributed by atoms with Crippen molar-refractivity contribution in [3.8, 4) is 0 Å². The van der Waals surface area contributed by atoms with E-state index in [4.69, 9.17) is 10.5 Å². The van der Waals surface area contributed by atoms with Crippen molar-refractivity contribution in [1.82, 2.24) is 15.0 Å². The molecule has 3 rings (SSSR count). The standard InChI is InChI=1S/C14H24N6O/c1-14(2)4-3-5-20(10-14)13-17-11(15)16-12(18-13)19-6-8-21-9-7-19/h3-10H2,1-2H3,(H2,15,16,17,18). The first-order valence-corrected chi connectivity index (χ1v) is 7.63. The maximum atomic E-state index is 5.89. The summed E-state index contributed by atoms with van der Waals surface area (Å²) in [5, 5.41) is 0. The lowest BCUT2D eigenvalue weighted by Crippen LogP contribution is -2.42. The Bertz CT molecular complexity index is 500. The number of piperidine rings is 1. The van der Waals surface area contributed by atoms with Crippen LogP contribution in [0, 0.1) is 5.41 Å². The average molecular weight is 292 g/mol. The molecule has 0 aromatic carbocycles. The lowest BCUT2D eigenvalue weighted by Gasteiger charge is -2.38. The summed E-state index contributed by atoms with van der Waals surface area (Å²) in [5.41, 5.74) is 6.18. The second-order valence-corrected chi connectivity index (χ2v) is 6.58. The van der Waals surface area contributed by atoms with Gasteiger partial charge in [-0.15, -0.1) is 0 Å². The normalized spacial score (nSPS) is 22.4. The van der Waals surface area contributed by atoms with E-state index in [9.17, 15) is 0 Å². The van der Waals surface area contributed by atoms with E-state index in [0.717, 1.165) is 32.6 Å². The van der Waals surface area contributed by atoms with Gasteiger partial charge in [-0.3, -0.25) is 0 Å². The zero-order valence-corrected chi connectivity index (χ0v) is 12.9. The van der Waals surface area contributed by atoms with E-state index in [1.807, 2.05) is 0 Å². The summed E-state index contributed by atoms with van der Waals surface area (Å²) in [6, 6.07) is 0. The Kier molecular flexibility index (Phi) is 3.84. The molecule has 0 amide bonds. The van der Waals surface area contributed by atoms with E-state index in [0.29, 0.717) is 36.5 Å². The number of morpholine rings is 1. The van der Waals surface area contributed by atoms with Crippen LogP contribution in [0.1, 0.15) is 26.7 Å². The summed E-state index contributed by atoms with van der Waals surface area (Å²) >= 11 is 0. The molecule has 21 heavy (non-hydrogen) atoms. The first kappa shape index (κ1) is 14.3. The zero-order valence-electron chi connectivity index (χ0n) is 12.9. The number of rotatable bonds is 2. The average Bonchev–Trinajstić information content (AvgIpc) is 2.46. The van der Waals surface area contributed by atoms with Crippen LogP contribution in [0.2, 0.25) is 0 Å². The minimum absolute atomic E-state index is 0.290. The molecule has 2 aliphatic rings. The van der Waals surface area contributed by atoms with Gasteiger partial charge >= 0.3 is 0 Å². The van der Waals surface area contributed by atoms with Gasteiger partial charge in [0.05, 0.1) is 13.2 Å². The van der Waals surface area contributed by atoms with Gasteiger partial charge in [-0.05, 0) is 18.3 Å². The van der Waals surface area contributed by atoms with Gasteiger partial charge in [-0.1, -0.05) is 13.8 Å². The molecule has 3 heterocycles. The first-order chi connectivity index (χ1) is 10.0. The number of nitrogens with zero attached hydrogens (tertiary/aromatic N) is 5. The highest BCUT2D eigenvalue weighted by molar-refractivity contribution is 5.44. The van der Waals surface area contributed by atoms with Crippen molar-refractivity contribution in [3.63, 3.8) is 0 Å². The molecule has 0 aliphatic carbocycles. The molecular weight excluding hydrogens is 268 g/mol. The van der Waals surface area contributed by atoms with E-state index in [1.165, 1.54) is 6.42 Å². The molecule has 0 unspecified atom stereocenters. The Morgan fingerprint density at radius 3 is 2.33 bits per heavy atom. The van der Waals surface area contributed by atoms with Crippen molar-refractivity contribution < 1.29 is 4.74 Å². The zero-order chi connectivity index (χ0) is 14.9. The Labute approximate surface area is 125 Å². The molecule has 0 radical (unpaired) electrons. The predicted molar refractivity (Wildman–Crippen MR) is 82.5 cm³/mol. The fourth-order valence-electron chi connectivity index (χ4n) is 3.01. The summed E-state index contributed by atoms with van der Waals surface area (Å²) in [5.74, 6) is 1.67. The first-order valence-electron chi connectivity index (χ1n) is 7.63. The molecule has 7 heteroatoms. The molecule has 0 atom stereocenters. The fraction of sp³-hybridized carbons (Fsp3) is 0.786. The van der Waals surface area contributed by atoms with Gasteiger partial charge in [0.2, 0.25) is 17.8 Å². The molecule has 0 spiro atoms. The Morgan fingerprint density at radius 1 is 1.00 bits per heavy atom. The molecule has 7 nitrogen and oxygen atoms in total. The lowest BCUT2D eigenvalue weighted by atomic mass is 9.84. The van der Waals surface area contributed by atoms with Gasteiger partial charge < -0.3 is 20.3 Å². The second kappa shape index (κ2) is 5.63. The van der Waals surface area contributed by atoms with Gasteiger partial charge in [0.15, 0.2) is 0 Å². The van der Waals surface area contributed by atoms with Crippen molar-refractivity contribution in [2.24, 2.45) is 5.41 Å². The predicted octanol–water partition coefficient (Wildman–Crippen LogP) is 0.917. The summed E-state index contributed by atoms with van der Waals surface area (Å²) in [7, 11) is 0. The third kappa shape index (κ3) is 3.34. The summed E-state index contributed by atoms with van der Waals surface area (Å²) in [6.45, 7) is 9.52. The number of nitrogens with two attached hydrogens (primary N) is 1. The Morgan fingerprint density at radius 2 is 1.67 bits per heavy atom. The maximum Gasteiger partial charge on any atom is 0.232 e. The van der Waals surface area contributed by atoms with Crippen LogP contribution in [-0.4, -0.2) is 54.3 Å². The van der Waals surface area contributed by atoms with E-state index in [-0.39, 0.29) is 0 Å². The minimum Gasteiger partial charge on any atom is -0.378 e. The van der Waals surface area contributed by atoms with Crippen LogP contribution < -0.4 is 15.5 Å². The quantitative estimate of drug-likeness (QED) is 0.868. The third-order valence-electron chi connectivity index (χ3n) is 4.11. The van der Waals surface area contributed by atoms with E-state index in [2.05, 4.69) is 38.6 Å². The van der Waals surface area contributed by atoms with Crippen LogP contribution in [-0.2, 0) is 4.74 Å². The van der Waals surface area contributed by atoms with E-state index < -0.39 is 0 Å². The molecule has 2 N–H and O–H groups in total. The number of hydrogen-bond donors (Lipinski definition) is 1. The van der Waals surface area contributed by atoms with Crippen molar-refractivity contribution in [3.05, 3.63) is 0 Å². The molecule has 0 bridgehead atoms. The van der Waals surface area contributed by atoms with Crippen LogP contribution in [0.15, 0.2) is 0 Å². The highest BCUT2D eigenvalue weighted by Gasteiger charge is 2.28. The number of anilines is 3. The van der Waals surface area contributed by atoms with Gasteiger partial charge in [0.25, 0.3) is 0 Å². The minimum atomic E-state index is 0.290. The Balaban J connectivity index is 1.83. The van der Waals surface area contributed by atoms with Crippen LogP contribution in [0.3, 0.4) is 0 Å². The van der Waals surface area contributed by atoms with Crippen molar-refractivity contribution in [2.75, 3.05) is 54.9 Å². The summed E-state index contributed by atoms with van der Waals surface area (Å²) < 4.78 is 5.37. The molecule has 2 aliphatic heterocycles. The molecule has 116 valence electrons. The molecule has 1 aromatic heterocycles. The number of ether oxygens (including phenoxy) is 1. The topological polar surface area (TPSA) is 80.4 Å². The highest BCUT2D eigenvalue weighted by atomic mass is 16.5. The summed E-state index contributed by atoms with van der Waals surface area (Å²) in [4.78, 5) is 17.6. The van der Waals surface area contributed by atoms with Gasteiger partial charge in [-0.25, -0.2) is 0 Å². The van der Waals surface area contributed by atoms with Crippen LogP contribution in [0.4, 0.5) is 17.8 Å². The maximum absolute atomic E-state index is 5.89. The third-order valence-corrected chi connectivity index (χ3v) is 4.11. The smallest absolute Gasteiger partial charge is 0.232 e. The molecule has 2 fully saturated rings. The number of nitrogen functional groups attached to an aromatic ring is 1. The molecular formula is C14H24N6O.